The summed E-state index contributed by atoms with van der Waals surface area (Å²) < 4.78 is 0. The lowest BCUT2D eigenvalue weighted by Crippen LogP contribution is -2.13. The number of amides is 1. The van der Waals surface area contributed by atoms with Crippen LogP contribution in [0.1, 0.15) is 27.0 Å². The number of benzene rings is 1. The third-order valence-electron chi connectivity index (χ3n) is 2.78. The van der Waals surface area contributed by atoms with Crippen molar-refractivity contribution in [1.82, 2.24) is 0 Å². The Bertz CT molecular complexity index is 632. The second-order valence-corrected chi connectivity index (χ2v) is 5.30. The molecular formula is C14H15N3O2S. The van der Waals surface area contributed by atoms with Crippen LogP contribution in [0.2, 0.25) is 0 Å². The summed E-state index contributed by atoms with van der Waals surface area (Å²) in [4.78, 5) is 13.9. The summed E-state index contributed by atoms with van der Waals surface area (Å²) >= 11 is 1.49. The van der Waals surface area contributed by atoms with Crippen LogP contribution in [0.15, 0.2) is 41.6 Å². The lowest BCUT2D eigenvalue weighted by molar-refractivity contribution is 0.103. The van der Waals surface area contributed by atoms with Crippen LogP contribution in [0.3, 0.4) is 0 Å². The van der Waals surface area contributed by atoms with Crippen molar-refractivity contribution in [2.75, 3.05) is 5.32 Å². The number of oxime groups is 1. The molecule has 0 aliphatic carbocycles. The van der Waals surface area contributed by atoms with E-state index in [4.69, 9.17) is 10.9 Å². The zero-order valence-electron chi connectivity index (χ0n) is 11.0. The minimum absolute atomic E-state index is 0.0359. The fraction of sp³-hybridized carbons (Fsp3) is 0.143. The Labute approximate surface area is 120 Å². The first-order valence-corrected chi connectivity index (χ1v) is 6.93. The highest BCUT2D eigenvalue weighted by molar-refractivity contribution is 7.14. The van der Waals surface area contributed by atoms with Crippen molar-refractivity contribution in [3.05, 3.63) is 51.7 Å². The summed E-state index contributed by atoms with van der Waals surface area (Å²) in [6.07, 6.45) is 0.923. The van der Waals surface area contributed by atoms with Gasteiger partial charge >= 0.3 is 0 Å². The van der Waals surface area contributed by atoms with Gasteiger partial charge in [-0.1, -0.05) is 12.1 Å². The first kappa shape index (κ1) is 14.1. The molecule has 0 radical (unpaired) electrons. The molecule has 0 aliphatic heterocycles. The summed E-state index contributed by atoms with van der Waals surface area (Å²) in [5.41, 5.74) is 6.72. The molecule has 0 unspecified atom stereocenters. The van der Waals surface area contributed by atoms with E-state index < -0.39 is 0 Å². The molecule has 0 atom stereocenters. The molecule has 6 heteroatoms. The van der Waals surface area contributed by atoms with Gasteiger partial charge in [-0.15, -0.1) is 11.3 Å². The molecular weight excluding hydrogens is 274 g/mol. The van der Waals surface area contributed by atoms with Crippen molar-refractivity contribution >= 4 is 28.8 Å². The molecule has 1 aromatic heterocycles. The Morgan fingerprint density at radius 2 is 2.00 bits per heavy atom. The second-order valence-electron chi connectivity index (χ2n) is 4.14. The molecule has 5 nitrogen and oxygen atoms in total. The quantitative estimate of drug-likeness (QED) is 0.350. The van der Waals surface area contributed by atoms with Crippen LogP contribution in [0, 0.1) is 0 Å². The fourth-order valence-electron chi connectivity index (χ4n) is 1.66. The van der Waals surface area contributed by atoms with Gasteiger partial charge in [0, 0.05) is 16.1 Å². The number of hydrogen-bond donors (Lipinski definition) is 3. The molecule has 20 heavy (non-hydrogen) atoms. The van der Waals surface area contributed by atoms with Crippen LogP contribution in [0.4, 0.5) is 5.69 Å². The zero-order valence-corrected chi connectivity index (χ0v) is 11.8. The van der Waals surface area contributed by atoms with Crippen LogP contribution in [0.5, 0.6) is 0 Å². The molecule has 2 aromatic rings. The van der Waals surface area contributed by atoms with Crippen molar-refractivity contribution < 1.29 is 10.0 Å². The summed E-state index contributed by atoms with van der Waals surface area (Å²) in [5.74, 6) is -0.0973. The van der Waals surface area contributed by atoms with Crippen molar-refractivity contribution in [3.63, 3.8) is 0 Å². The van der Waals surface area contributed by atoms with Crippen molar-refractivity contribution in [2.45, 2.75) is 13.3 Å². The molecule has 104 valence electrons. The number of rotatable bonds is 4. The van der Waals surface area contributed by atoms with Gasteiger partial charge in [-0.25, -0.2) is 0 Å². The highest BCUT2D eigenvalue weighted by Gasteiger charge is 2.09. The van der Waals surface area contributed by atoms with Gasteiger partial charge in [0.1, 0.15) is 0 Å². The molecule has 2 rings (SSSR count). The van der Waals surface area contributed by atoms with Gasteiger partial charge < -0.3 is 16.3 Å². The Kier molecular flexibility index (Phi) is 4.37. The summed E-state index contributed by atoms with van der Waals surface area (Å²) in [6.45, 7) is 2.05. The molecule has 0 fully saturated rings. The van der Waals surface area contributed by atoms with Gasteiger partial charge in [0.15, 0.2) is 5.84 Å². The monoisotopic (exact) mass is 289 g/mol. The molecule has 0 saturated heterocycles. The van der Waals surface area contributed by atoms with E-state index in [0.29, 0.717) is 16.1 Å². The van der Waals surface area contributed by atoms with E-state index in [2.05, 4.69) is 17.4 Å². The molecule has 4 N–H and O–H groups in total. The van der Waals surface area contributed by atoms with Gasteiger partial charge in [-0.05, 0) is 42.8 Å². The van der Waals surface area contributed by atoms with Gasteiger partial charge in [0.05, 0.1) is 4.88 Å². The molecule has 1 aromatic carbocycles. The first-order valence-electron chi connectivity index (χ1n) is 6.12. The molecule has 0 spiro atoms. The predicted molar refractivity (Wildman–Crippen MR) is 80.6 cm³/mol. The van der Waals surface area contributed by atoms with Gasteiger partial charge in [0.25, 0.3) is 5.91 Å². The maximum absolute atomic E-state index is 12.0. The minimum Gasteiger partial charge on any atom is -0.409 e. The lowest BCUT2D eigenvalue weighted by Gasteiger charge is -2.04. The molecule has 0 saturated carbocycles. The zero-order chi connectivity index (χ0) is 14.5. The number of nitrogens with one attached hydrogen (secondary N) is 1. The average Bonchev–Trinajstić information content (AvgIpc) is 2.96. The number of thiophene rings is 1. The van der Waals surface area contributed by atoms with E-state index in [1.54, 1.807) is 24.3 Å². The lowest BCUT2D eigenvalue weighted by atomic mass is 10.2. The standard InChI is InChI=1S/C14H15N3O2S/c1-2-11-7-8-12(20-11)14(18)16-10-5-3-9(4-6-10)13(15)17-19/h3-8,19H,2H2,1H3,(H2,15,17)(H,16,18). The van der Waals surface area contributed by atoms with Gasteiger partial charge in [-0.2, -0.15) is 0 Å². The van der Waals surface area contributed by atoms with E-state index >= 15 is 0 Å². The second kappa shape index (κ2) is 6.21. The van der Waals surface area contributed by atoms with Crippen LogP contribution >= 0.6 is 11.3 Å². The highest BCUT2D eigenvalue weighted by atomic mass is 32.1. The van der Waals surface area contributed by atoms with Crippen molar-refractivity contribution in [1.29, 1.82) is 0 Å². The molecule has 1 heterocycles. The Morgan fingerprint density at radius 1 is 1.30 bits per heavy atom. The van der Waals surface area contributed by atoms with Crippen LogP contribution < -0.4 is 11.1 Å². The van der Waals surface area contributed by atoms with Gasteiger partial charge in [-0.3, -0.25) is 4.79 Å². The van der Waals surface area contributed by atoms with Crippen molar-refractivity contribution in [3.8, 4) is 0 Å². The van der Waals surface area contributed by atoms with Crippen LogP contribution in [0.25, 0.3) is 0 Å². The Morgan fingerprint density at radius 3 is 2.55 bits per heavy atom. The maximum atomic E-state index is 12.0. The first-order chi connectivity index (χ1) is 9.63. The topological polar surface area (TPSA) is 87.7 Å². The fourth-order valence-corrected chi connectivity index (χ4v) is 2.51. The van der Waals surface area contributed by atoms with E-state index in [1.807, 2.05) is 12.1 Å². The average molecular weight is 289 g/mol. The highest BCUT2D eigenvalue weighted by Crippen LogP contribution is 2.19. The largest absolute Gasteiger partial charge is 0.409 e. The predicted octanol–water partition coefficient (Wildman–Crippen LogP) is 2.66. The van der Waals surface area contributed by atoms with E-state index in [-0.39, 0.29) is 11.7 Å². The number of carbonyl (C=O) groups excluding carboxylic acids is 1. The molecule has 0 aliphatic rings. The van der Waals surface area contributed by atoms with E-state index in [0.717, 1.165) is 6.42 Å². The summed E-state index contributed by atoms with van der Waals surface area (Å²) in [5, 5.41) is 14.3. The number of aryl methyl sites for hydroxylation is 1. The third kappa shape index (κ3) is 3.16. The number of anilines is 1. The minimum atomic E-state index is -0.133. The smallest absolute Gasteiger partial charge is 0.265 e. The number of nitrogens with zero attached hydrogens (tertiary/aromatic N) is 1. The van der Waals surface area contributed by atoms with Gasteiger partial charge in [0.2, 0.25) is 0 Å². The Hall–Kier alpha value is -2.34. The normalized spacial score (nSPS) is 11.3. The number of hydrogen-bond acceptors (Lipinski definition) is 4. The molecule has 1 amide bonds. The van der Waals surface area contributed by atoms with Crippen LogP contribution in [-0.4, -0.2) is 17.0 Å². The summed E-state index contributed by atoms with van der Waals surface area (Å²) in [6, 6.07) is 10.6. The number of nitrogens with two attached hydrogens (primary N) is 1. The number of amidine groups is 1. The van der Waals surface area contributed by atoms with Crippen LogP contribution in [-0.2, 0) is 6.42 Å². The third-order valence-corrected chi connectivity index (χ3v) is 4.01. The SMILES string of the molecule is CCc1ccc(C(=O)Nc2ccc(C(N)=NO)cc2)s1. The van der Waals surface area contributed by atoms with Crippen molar-refractivity contribution in [2.24, 2.45) is 10.9 Å². The summed E-state index contributed by atoms with van der Waals surface area (Å²) in [7, 11) is 0. The van der Waals surface area contributed by atoms with E-state index in [9.17, 15) is 4.79 Å². The number of carbonyl (C=O) groups is 1. The Balaban J connectivity index is 2.08. The maximum Gasteiger partial charge on any atom is 0.265 e. The molecule has 0 bridgehead atoms. The van der Waals surface area contributed by atoms with E-state index in [1.165, 1.54) is 16.2 Å².